The van der Waals surface area contributed by atoms with Gasteiger partial charge in [-0.05, 0) is 31.2 Å². The van der Waals surface area contributed by atoms with Crippen molar-refractivity contribution in [2.75, 3.05) is 42.5 Å². The highest BCUT2D eigenvalue weighted by molar-refractivity contribution is 6.40. The van der Waals surface area contributed by atoms with Gasteiger partial charge >= 0.3 is 11.8 Å². The van der Waals surface area contributed by atoms with Gasteiger partial charge in [0.15, 0.2) is 0 Å². The molecule has 5 heteroatoms. The molecule has 0 spiro atoms. The molecule has 0 aliphatic carbocycles. The maximum atomic E-state index is 12.6. The van der Waals surface area contributed by atoms with E-state index in [1.165, 1.54) is 4.90 Å². The molecule has 1 aliphatic rings. The second-order valence-corrected chi connectivity index (χ2v) is 6.00. The molecule has 25 heavy (non-hydrogen) atoms. The number of carbonyl (C=O) groups is 2. The van der Waals surface area contributed by atoms with Crippen molar-refractivity contribution in [3.8, 4) is 0 Å². The number of benzene rings is 2. The zero-order valence-electron chi connectivity index (χ0n) is 14.5. The third-order valence-corrected chi connectivity index (χ3v) is 4.50. The van der Waals surface area contributed by atoms with Crippen LogP contribution in [0.1, 0.15) is 6.92 Å². The van der Waals surface area contributed by atoms with Gasteiger partial charge in [-0.25, -0.2) is 0 Å². The lowest BCUT2D eigenvalue weighted by atomic mass is 10.2. The van der Waals surface area contributed by atoms with E-state index in [9.17, 15) is 9.59 Å². The molecule has 0 radical (unpaired) electrons. The lowest BCUT2D eigenvalue weighted by Gasteiger charge is -2.36. The first kappa shape index (κ1) is 17.0. The number of para-hydroxylation sites is 2. The van der Waals surface area contributed by atoms with Crippen LogP contribution in [0.15, 0.2) is 60.7 Å². The molecule has 0 aromatic heterocycles. The van der Waals surface area contributed by atoms with Crippen LogP contribution in [0.3, 0.4) is 0 Å². The van der Waals surface area contributed by atoms with Crippen molar-refractivity contribution in [3.63, 3.8) is 0 Å². The second-order valence-electron chi connectivity index (χ2n) is 6.00. The third kappa shape index (κ3) is 3.82. The van der Waals surface area contributed by atoms with E-state index >= 15 is 0 Å². The monoisotopic (exact) mass is 337 g/mol. The quantitative estimate of drug-likeness (QED) is 0.808. The Morgan fingerprint density at radius 3 is 2.00 bits per heavy atom. The first-order valence-corrected chi connectivity index (χ1v) is 8.66. The topological polar surface area (TPSA) is 43.9 Å². The average molecular weight is 337 g/mol. The fourth-order valence-corrected chi connectivity index (χ4v) is 3.11. The summed E-state index contributed by atoms with van der Waals surface area (Å²) in [5, 5.41) is 0. The molecule has 1 fully saturated rings. The van der Waals surface area contributed by atoms with Crippen molar-refractivity contribution in [1.29, 1.82) is 0 Å². The van der Waals surface area contributed by atoms with Crippen LogP contribution in [0.25, 0.3) is 0 Å². The zero-order chi connectivity index (χ0) is 17.6. The lowest BCUT2D eigenvalue weighted by molar-refractivity contribution is -0.144. The largest absolute Gasteiger partial charge is 0.368 e. The molecule has 1 aliphatic heterocycles. The Bertz CT molecular complexity index is 710. The Morgan fingerprint density at radius 2 is 1.44 bits per heavy atom. The fraction of sp³-hybridized carbons (Fsp3) is 0.300. The second kappa shape index (κ2) is 7.83. The van der Waals surface area contributed by atoms with Crippen molar-refractivity contribution in [2.24, 2.45) is 0 Å². The van der Waals surface area contributed by atoms with E-state index in [4.69, 9.17) is 0 Å². The average Bonchev–Trinajstić information content (AvgIpc) is 2.69. The van der Waals surface area contributed by atoms with Gasteiger partial charge in [0, 0.05) is 44.1 Å². The van der Waals surface area contributed by atoms with Crippen molar-refractivity contribution in [2.45, 2.75) is 6.92 Å². The molecule has 0 unspecified atom stereocenters. The number of nitrogens with zero attached hydrogens (tertiary/aromatic N) is 3. The highest BCUT2D eigenvalue weighted by Crippen LogP contribution is 2.17. The number of carbonyl (C=O) groups excluding carboxylic acids is 2. The summed E-state index contributed by atoms with van der Waals surface area (Å²) in [7, 11) is 0. The fourth-order valence-electron chi connectivity index (χ4n) is 3.11. The van der Waals surface area contributed by atoms with Gasteiger partial charge in [0.1, 0.15) is 0 Å². The number of anilines is 2. The van der Waals surface area contributed by atoms with Crippen LogP contribution in [-0.4, -0.2) is 49.4 Å². The normalized spacial score (nSPS) is 14.3. The lowest BCUT2D eigenvalue weighted by Crippen LogP contribution is -2.53. The molecule has 0 N–H and O–H groups in total. The Balaban J connectivity index is 1.63. The van der Waals surface area contributed by atoms with Crippen molar-refractivity contribution < 1.29 is 9.59 Å². The molecular weight excluding hydrogens is 314 g/mol. The van der Waals surface area contributed by atoms with Crippen LogP contribution in [0, 0.1) is 0 Å². The van der Waals surface area contributed by atoms with Gasteiger partial charge in [0.05, 0.1) is 0 Å². The minimum absolute atomic E-state index is 0.418. The van der Waals surface area contributed by atoms with E-state index in [1.807, 2.05) is 55.5 Å². The predicted molar refractivity (Wildman–Crippen MR) is 99.7 cm³/mol. The summed E-state index contributed by atoms with van der Waals surface area (Å²) < 4.78 is 0. The number of piperazine rings is 1. The number of hydrogen-bond donors (Lipinski definition) is 0. The summed E-state index contributed by atoms with van der Waals surface area (Å²) in [5.41, 5.74) is 1.91. The number of rotatable bonds is 3. The third-order valence-electron chi connectivity index (χ3n) is 4.50. The van der Waals surface area contributed by atoms with Crippen LogP contribution in [0.2, 0.25) is 0 Å². The van der Waals surface area contributed by atoms with E-state index in [0.29, 0.717) is 19.6 Å². The van der Waals surface area contributed by atoms with E-state index in [2.05, 4.69) is 17.0 Å². The predicted octanol–water partition coefficient (Wildman–Crippen LogP) is 2.39. The van der Waals surface area contributed by atoms with Gasteiger partial charge in [-0.3, -0.25) is 9.59 Å². The van der Waals surface area contributed by atoms with E-state index in [0.717, 1.165) is 24.5 Å². The smallest absolute Gasteiger partial charge is 0.316 e. The Hall–Kier alpha value is -2.82. The molecule has 2 aromatic carbocycles. The molecule has 0 saturated carbocycles. The maximum Gasteiger partial charge on any atom is 0.316 e. The highest BCUT2D eigenvalue weighted by Gasteiger charge is 2.29. The highest BCUT2D eigenvalue weighted by atomic mass is 16.2. The number of amides is 2. The molecule has 0 bridgehead atoms. The van der Waals surface area contributed by atoms with Gasteiger partial charge < -0.3 is 14.7 Å². The van der Waals surface area contributed by atoms with Gasteiger partial charge in [-0.15, -0.1) is 0 Å². The number of hydrogen-bond acceptors (Lipinski definition) is 3. The van der Waals surface area contributed by atoms with Crippen LogP contribution in [0.5, 0.6) is 0 Å². The standard InChI is InChI=1S/C20H23N3O2/c1-2-23(18-11-7-4-8-12-18)20(25)19(24)22-15-13-21(14-16-22)17-9-5-3-6-10-17/h3-12H,2,13-16H2,1H3. The Kier molecular flexibility index (Phi) is 5.33. The summed E-state index contributed by atoms with van der Waals surface area (Å²) in [6, 6.07) is 19.5. The van der Waals surface area contributed by atoms with Gasteiger partial charge in [-0.2, -0.15) is 0 Å². The number of likely N-dealkylation sites (N-methyl/N-ethyl adjacent to an activating group) is 1. The molecule has 2 aromatic rings. The van der Waals surface area contributed by atoms with Crippen molar-refractivity contribution >= 4 is 23.2 Å². The summed E-state index contributed by atoms with van der Waals surface area (Å²) >= 11 is 0. The van der Waals surface area contributed by atoms with Crippen LogP contribution < -0.4 is 9.80 Å². The van der Waals surface area contributed by atoms with Gasteiger partial charge in [-0.1, -0.05) is 36.4 Å². The first-order chi connectivity index (χ1) is 12.2. The van der Waals surface area contributed by atoms with Crippen LogP contribution >= 0.6 is 0 Å². The SMILES string of the molecule is CCN(C(=O)C(=O)N1CCN(c2ccccc2)CC1)c1ccccc1. The molecule has 2 amide bonds. The molecule has 1 heterocycles. The molecular formula is C20H23N3O2. The minimum Gasteiger partial charge on any atom is -0.368 e. The van der Waals surface area contributed by atoms with Crippen molar-refractivity contribution in [3.05, 3.63) is 60.7 Å². The summed E-state index contributed by atoms with van der Waals surface area (Å²) in [6.45, 7) is 4.95. The first-order valence-electron chi connectivity index (χ1n) is 8.66. The minimum atomic E-state index is -0.457. The molecule has 1 saturated heterocycles. The molecule has 3 rings (SSSR count). The van der Waals surface area contributed by atoms with Crippen LogP contribution in [-0.2, 0) is 9.59 Å². The maximum absolute atomic E-state index is 12.6. The summed E-state index contributed by atoms with van der Waals surface area (Å²) in [5.74, 6) is -0.875. The van der Waals surface area contributed by atoms with Gasteiger partial charge in [0.25, 0.3) is 0 Å². The Labute approximate surface area is 148 Å². The Morgan fingerprint density at radius 1 is 0.880 bits per heavy atom. The van der Waals surface area contributed by atoms with Crippen molar-refractivity contribution in [1.82, 2.24) is 4.90 Å². The summed E-state index contributed by atoms with van der Waals surface area (Å²) in [4.78, 5) is 30.7. The molecule has 130 valence electrons. The van der Waals surface area contributed by atoms with Crippen LogP contribution in [0.4, 0.5) is 11.4 Å². The molecule has 0 atom stereocenters. The summed E-state index contributed by atoms with van der Waals surface area (Å²) in [6.07, 6.45) is 0. The zero-order valence-corrected chi connectivity index (χ0v) is 14.5. The van der Waals surface area contributed by atoms with E-state index < -0.39 is 11.8 Å². The van der Waals surface area contributed by atoms with Gasteiger partial charge in [0.2, 0.25) is 0 Å². The van der Waals surface area contributed by atoms with E-state index in [-0.39, 0.29) is 0 Å². The van der Waals surface area contributed by atoms with E-state index in [1.54, 1.807) is 4.90 Å². The molecule has 5 nitrogen and oxygen atoms in total.